The normalized spacial score (nSPS) is 10.7. The Balaban J connectivity index is 1.62. The molecule has 0 aliphatic carbocycles. The fraction of sp³-hybridized carbons (Fsp3) is 0.150. The van der Waals surface area contributed by atoms with Crippen LogP contribution in [0.2, 0.25) is 10.0 Å². The molecule has 0 saturated heterocycles. The molecule has 0 aliphatic heterocycles. The Morgan fingerprint density at radius 2 is 1.89 bits per heavy atom. The number of hydrogen-bond acceptors (Lipinski definition) is 4. The lowest BCUT2D eigenvalue weighted by Crippen LogP contribution is -2.14. The van der Waals surface area contributed by atoms with E-state index >= 15 is 0 Å². The summed E-state index contributed by atoms with van der Waals surface area (Å²) in [7, 11) is 0. The SMILES string of the molecule is Cc1ccc(C)c(-c2ccc(SCC(=O)Nc3cccc(Cl)c3Cl)nn2)c1. The van der Waals surface area contributed by atoms with Gasteiger partial charge in [-0.15, -0.1) is 10.2 Å². The maximum absolute atomic E-state index is 12.1. The van der Waals surface area contributed by atoms with Crippen molar-refractivity contribution in [3.63, 3.8) is 0 Å². The zero-order chi connectivity index (χ0) is 19.4. The second-order valence-corrected chi connectivity index (χ2v) is 7.79. The van der Waals surface area contributed by atoms with Crippen molar-refractivity contribution in [1.82, 2.24) is 10.2 Å². The number of nitrogens with one attached hydrogen (secondary N) is 1. The van der Waals surface area contributed by atoms with E-state index in [1.165, 1.54) is 17.3 Å². The number of aromatic nitrogens is 2. The minimum atomic E-state index is -0.190. The highest BCUT2D eigenvalue weighted by Gasteiger charge is 2.10. The van der Waals surface area contributed by atoms with E-state index in [0.29, 0.717) is 20.8 Å². The number of thioether (sulfide) groups is 1. The summed E-state index contributed by atoms with van der Waals surface area (Å²) >= 11 is 13.3. The van der Waals surface area contributed by atoms with Gasteiger partial charge in [0.25, 0.3) is 0 Å². The van der Waals surface area contributed by atoms with Crippen LogP contribution in [0.15, 0.2) is 53.6 Å². The standard InChI is InChI=1S/C20H17Cl2N3OS/c1-12-6-7-13(2)14(10-12)16-8-9-19(25-24-16)27-11-18(26)23-17-5-3-4-15(21)20(17)22/h3-10H,11H2,1-2H3,(H,23,26). The number of carbonyl (C=O) groups excluding carboxylic acids is 1. The zero-order valence-corrected chi connectivity index (χ0v) is 17.1. The van der Waals surface area contributed by atoms with Crippen molar-refractivity contribution in [1.29, 1.82) is 0 Å². The number of carbonyl (C=O) groups is 1. The van der Waals surface area contributed by atoms with Crippen LogP contribution in [0.3, 0.4) is 0 Å². The van der Waals surface area contributed by atoms with E-state index in [1.54, 1.807) is 18.2 Å². The van der Waals surface area contributed by atoms with E-state index < -0.39 is 0 Å². The molecule has 138 valence electrons. The Morgan fingerprint density at radius 1 is 1.07 bits per heavy atom. The summed E-state index contributed by atoms with van der Waals surface area (Å²) in [5.74, 6) is 0.00457. The number of halogens is 2. The van der Waals surface area contributed by atoms with Crippen molar-refractivity contribution in [2.45, 2.75) is 18.9 Å². The molecular formula is C20H17Cl2N3OS. The van der Waals surface area contributed by atoms with Crippen molar-refractivity contribution in [2.24, 2.45) is 0 Å². The van der Waals surface area contributed by atoms with Crippen LogP contribution in [-0.4, -0.2) is 21.9 Å². The van der Waals surface area contributed by atoms with E-state index in [4.69, 9.17) is 23.2 Å². The van der Waals surface area contributed by atoms with Gasteiger partial charge in [0.15, 0.2) is 0 Å². The van der Waals surface area contributed by atoms with Gasteiger partial charge < -0.3 is 5.32 Å². The molecule has 0 spiro atoms. The average Bonchev–Trinajstić information content (AvgIpc) is 2.66. The Hall–Kier alpha value is -2.08. The first-order valence-electron chi connectivity index (χ1n) is 8.22. The Bertz CT molecular complexity index is 977. The Labute approximate surface area is 172 Å². The largest absolute Gasteiger partial charge is 0.324 e. The summed E-state index contributed by atoms with van der Waals surface area (Å²) in [6, 6.07) is 15.1. The predicted molar refractivity (Wildman–Crippen MR) is 113 cm³/mol. The van der Waals surface area contributed by atoms with Gasteiger partial charge in [-0.1, -0.05) is 58.7 Å². The first-order valence-corrected chi connectivity index (χ1v) is 9.96. The number of aryl methyl sites for hydroxylation is 2. The van der Waals surface area contributed by atoms with Gasteiger partial charge >= 0.3 is 0 Å². The minimum absolute atomic E-state index is 0.190. The summed E-state index contributed by atoms with van der Waals surface area (Å²) in [6.45, 7) is 4.09. The van der Waals surface area contributed by atoms with E-state index in [-0.39, 0.29) is 11.7 Å². The van der Waals surface area contributed by atoms with E-state index in [2.05, 4.69) is 33.7 Å². The van der Waals surface area contributed by atoms with Gasteiger partial charge in [-0.3, -0.25) is 4.79 Å². The molecule has 0 radical (unpaired) electrons. The van der Waals surface area contributed by atoms with Crippen LogP contribution in [0.4, 0.5) is 5.69 Å². The molecule has 1 heterocycles. The van der Waals surface area contributed by atoms with Gasteiger partial charge in [0.05, 0.1) is 27.2 Å². The van der Waals surface area contributed by atoms with Crippen molar-refractivity contribution in [3.05, 3.63) is 69.7 Å². The smallest absolute Gasteiger partial charge is 0.234 e. The van der Waals surface area contributed by atoms with Gasteiger partial charge in [0.1, 0.15) is 5.03 Å². The first-order chi connectivity index (χ1) is 12.9. The molecule has 2 aromatic carbocycles. The average molecular weight is 418 g/mol. The number of rotatable bonds is 5. The van der Waals surface area contributed by atoms with Gasteiger partial charge in [-0.05, 0) is 49.7 Å². The maximum Gasteiger partial charge on any atom is 0.234 e. The van der Waals surface area contributed by atoms with Crippen molar-refractivity contribution in [3.8, 4) is 11.3 Å². The predicted octanol–water partition coefficient (Wildman–Crippen LogP) is 5.80. The van der Waals surface area contributed by atoms with Crippen LogP contribution in [0.5, 0.6) is 0 Å². The minimum Gasteiger partial charge on any atom is -0.324 e. The van der Waals surface area contributed by atoms with Gasteiger partial charge in [-0.2, -0.15) is 0 Å². The zero-order valence-electron chi connectivity index (χ0n) is 14.8. The Kier molecular flexibility index (Phi) is 6.37. The van der Waals surface area contributed by atoms with E-state index in [1.807, 2.05) is 26.0 Å². The topological polar surface area (TPSA) is 54.9 Å². The monoisotopic (exact) mass is 417 g/mol. The van der Waals surface area contributed by atoms with Crippen LogP contribution >= 0.6 is 35.0 Å². The van der Waals surface area contributed by atoms with Crippen molar-refractivity contribution in [2.75, 3.05) is 11.1 Å². The molecule has 0 fully saturated rings. The molecule has 0 bridgehead atoms. The summed E-state index contributed by atoms with van der Waals surface area (Å²) < 4.78 is 0. The number of amides is 1. The molecule has 3 rings (SSSR count). The fourth-order valence-corrected chi connectivity index (χ4v) is 3.44. The quantitative estimate of drug-likeness (QED) is 0.533. The molecule has 0 unspecified atom stereocenters. The number of anilines is 1. The molecule has 0 aliphatic rings. The number of benzene rings is 2. The van der Waals surface area contributed by atoms with Crippen LogP contribution < -0.4 is 5.32 Å². The van der Waals surface area contributed by atoms with E-state index in [0.717, 1.165) is 16.8 Å². The van der Waals surface area contributed by atoms with Crippen LogP contribution in [0.1, 0.15) is 11.1 Å². The lowest BCUT2D eigenvalue weighted by Gasteiger charge is -2.08. The third kappa shape index (κ3) is 5.01. The number of hydrogen-bond donors (Lipinski definition) is 1. The third-order valence-electron chi connectivity index (χ3n) is 3.89. The second kappa shape index (κ2) is 8.74. The summed E-state index contributed by atoms with van der Waals surface area (Å²) in [6.07, 6.45) is 0. The fourth-order valence-electron chi connectivity index (χ4n) is 2.48. The van der Waals surface area contributed by atoms with Crippen LogP contribution in [0, 0.1) is 13.8 Å². The lowest BCUT2D eigenvalue weighted by atomic mass is 10.0. The molecule has 0 saturated carbocycles. The maximum atomic E-state index is 12.1. The second-order valence-electron chi connectivity index (χ2n) is 6.01. The molecule has 3 aromatic rings. The highest BCUT2D eigenvalue weighted by atomic mass is 35.5. The molecule has 1 N–H and O–H groups in total. The lowest BCUT2D eigenvalue weighted by molar-refractivity contribution is -0.113. The van der Waals surface area contributed by atoms with Gasteiger partial charge in [0.2, 0.25) is 5.91 Å². The van der Waals surface area contributed by atoms with Crippen LogP contribution in [0.25, 0.3) is 11.3 Å². The molecule has 0 atom stereocenters. The third-order valence-corrected chi connectivity index (χ3v) is 5.62. The highest BCUT2D eigenvalue weighted by Crippen LogP contribution is 2.30. The van der Waals surface area contributed by atoms with Gasteiger partial charge in [0, 0.05) is 5.56 Å². The summed E-state index contributed by atoms with van der Waals surface area (Å²) in [5, 5.41) is 12.7. The first kappa shape index (κ1) is 19.7. The highest BCUT2D eigenvalue weighted by molar-refractivity contribution is 7.99. The van der Waals surface area contributed by atoms with E-state index in [9.17, 15) is 4.79 Å². The van der Waals surface area contributed by atoms with Crippen molar-refractivity contribution >= 4 is 46.6 Å². The molecule has 1 amide bonds. The molecule has 4 nitrogen and oxygen atoms in total. The molecule has 1 aromatic heterocycles. The molecule has 27 heavy (non-hydrogen) atoms. The molecular weight excluding hydrogens is 401 g/mol. The Morgan fingerprint density at radius 3 is 2.63 bits per heavy atom. The van der Waals surface area contributed by atoms with Crippen LogP contribution in [-0.2, 0) is 4.79 Å². The summed E-state index contributed by atoms with van der Waals surface area (Å²) in [4.78, 5) is 12.1. The van der Waals surface area contributed by atoms with Crippen molar-refractivity contribution < 1.29 is 4.79 Å². The molecule has 7 heteroatoms. The number of nitrogens with zero attached hydrogens (tertiary/aromatic N) is 2. The summed E-state index contributed by atoms with van der Waals surface area (Å²) in [5.41, 5.74) is 4.69. The van der Waals surface area contributed by atoms with Gasteiger partial charge in [-0.25, -0.2) is 0 Å².